The summed E-state index contributed by atoms with van der Waals surface area (Å²) < 4.78 is 14.7. The Morgan fingerprint density at radius 3 is 1.27 bits per heavy atom. The standard InChI is InChI=1S/C7H15O3.Re/c1-8-4-7(5-9-2)6-10-3;/h4-6H2,1-3H3;/q-1;. The van der Waals surface area contributed by atoms with Crippen molar-refractivity contribution in [1.82, 2.24) is 0 Å². The predicted octanol–water partition coefficient (Wildman–Crippen LogP) is 0.498. The first kappa shape index (κ1) is 14.1. The number of ether oxygens (including phenoxy) is 3. The third kappa shape index (κ3) is 8.45. The van der Waals surface area contributed by atoms with Gasteiger partial charge in [-0.25, -0.2) is 5.92 Å². The Kier molecular flexibility index (Phi) is 13.5. The van der Waals surface area contributed by atoms with E-state index < -0.39 is 0 Å². The molecule has 0 N–H and O–H groups in total. The molecule has 0 aliphatic carbocycles. The minimum atomic E-state index is 0. The third-order valence-corrected chi connectivity index (χ3v) is 1.05. The molecule has 1 radical (unpaired) electrons. The van der Waals surface area contributed by atoms with E-state index in [0.29, 0.717) is 19.8 Å². The van der Waals surface area contributed by atoms with Gasteiger partial charge in [-0.1, -0.05) is 19.8 Å². The van der Waals surface area contributed by atoms with Gasteiger partial charge in [0.2, 0.25) is 0 Å². The van der Waals surface area contributed by atoms with Gasteiger partial charge in [0.1, 0.15) is 0 Å². The zero-order valence-electron chi connectivity index (χ0n) is 7.22. The minimum Gasteiger partial charge on any atom is -0.416 e. The van der Waals surface area contributed by atoms with E-state index in [1.54, 1.807) is 21.3 Å². The monoisotopic (exact) mass is 334 g/mol. The third-order valence-electron chi connectivity index (χ3n) is 1.05. The topological polar surface area (TPSA) is 27.7 Å². The van der Waals surface area contributed by atoms with Gasteiger partial charge in [0, 0.05) is 41.8 Å². The van der Waals surface area contributed by atoms with Crippen LogP contribution >= 0.6 is 0 Å². The summed E-state index contributed by atoms with van der Waals surface area (Å²) in [5, 5.41) is 0. The van der Waals surface area contributed by atoms with Crippen LogP contribution in [0.3, 0.4) is 0 Å². The fraction of sp³-hybridized carbons (Fsp3) is 0.857. The fourth-order valence-electron chi connectivity index (χ4n) is 0.737. The van der Waals surface area contributed by atoms with Gasteiger partial charge in [-0.3, -0.25) is 0 Å². The van der Waals surface area contributed by atoms with E-state index in [1.165, 1.54) is 0 Å². The molecule has 0 saturated heterocycles. The summed E-state index contributed by atoms with van der Waals surface area (Å²) in [5.74, 6) is 1.12. The van der Waals surface area contributed by atoms with Crippen molar-refractivity contribution < 1.29 is 34.6 Å². The average Bonchev–Trinajstić information content (AvgIpc) is 1.90. The molecule has 0 aromatic heterocycles. The van der Waals surface area contributed by atoms with Gasteiger partial charge in [0.25, 0.3) is 0 Å². The quantitative estimate of drug-likeness (QED) is 0.663. The van der Waals surface area contributed by atoms with E-state index in [1.807, 2.05) is 0 Å². The Balaban J connectivity index is 0. The SMILES string of the molecule is COC[C-](COC)COC.[Re]. The molecular formula is C7H15O3Re-. The van der Waals surface area contributed by atoms with Gasteiger partial charge >= 0.3 is 0 Å². The van der Waals surface area contributed by atoms with Gasteiger partial charge < -0.3 is 14.2 Å². The molecule has 4 heteroatoms. The summed E-state index contributed by atoms with van der Waals surface area (Å²) >= 11 is 0. The Morgan fingerprint density at radius 1 is 0.818 bits per heavy atom. The number of hydrogen-bond acceptors (Lipinski definition) is 3. The fourth-order valence-corrected chi connectivity index (χ4v) is 0.737. The van der Waals surface area contributed by atoms with Crippen molar-refractivity contribution in [2.24, 2.45) is 0 Å². The first-order valence-electron chi connectivity index (χ1n) is 3.15. The van der Waals surface area contributed by atoms with Crippen LogP contribution in [0.15, 0.2) is 0 Å². The van der Waals surface area contributed by atoms with Gasteiger partial charge in [0.15, 0.2) is 0 Å². The zero-order chi connectivity index (χ0) is 7.82. The molecule has 0 aromatic carbocycles. The first-order chi connectivity index (χ1) is 4.85. The summed E-state index contributed by atoms with van der Waals surface area (Å²) in [7, 11) is 4.97. The van der Waals surface area contributed by atoms with Crippen molar-refractivity contribution in [3.8, 4) is 0 Å². The molecule has 0 atom stereocenters. The van der Waals surface area contributed by atoms with Crippen LogP contribution in [-0.2, 0) is 34.6 Å². The summed E-state index contributed by atoms with van der Waals surface area (Å²) in [6.07, 6.45) is 0. The van der Waals surface area contributed by atoms with Crippen molar-refractivity contribution in [2.75, 3.05) is 41.2 Å². The molecule has 0 aliphatic rings. The molecule has 69 valence electrons. The van der Waals surface area contributed by atoms with Crippen LogP contribution in [0.5, 0.6) is 0 Å². The second kappa shape index (κ2) is 10.5. The molecule has 0 aromatic rings. The van der Waals surface area contributed by atoms with Crippen molar-refractivity contribution in [2.45, 2.75) is 0 Å². The maximum atomic E-state index is 4.91. The van der Waals surface area contributed by atoms with Crippen LogP contribution in [0.25, 0.3) is 0 Å². The molecule has 0 saturated carbocycles. The van der Waals surface area contributed by atoms with E-state index in [-0.39, 0.29) is 20.4 Å². The summed E-state index contributed by atoms with van der Waals surface area (Å²) in [4.78, 5) is 0. The van der Waals surface area contributed by atoms with Crippen molar-refractivity contribution in [3.05, 3.63) is 5.92 Å². The number of methoxy groups -OCH3 is 3. The Labute approximate surface area is 82.0 Å². The Morgan fingerprint density at radius 2 is 1.09 bits per heavy atom. The maximum Gasteiger partial charge on any atom is 0.0319 e. The van der Waals surface area contributed by atoms with E-state index in [0.717, 1.165) is 5.92 Å². The normalized spacial score (nSPS) is 9.82. The van der Waals surface area contributed by atoms with E-state index in [4.69, 9.17) is 14.2 Å². The smallest absolute Gasteiger partial charge is 0.0319 e. The summed E-state index contributed by atoms with van der Waals surface area (Å²) in [6.45, 7) is 1.84. The molecule has 0 rings (SSSR count). The van der Waals surface area contributed by atoms with Gasteiger partial charge in [-0.05, 0) is 0 Å². The van der Waals surface area contributed by atoms with Gasteiger partial charge in [0.05, 0.1) is 0 Å². The Hall–Kier alpha value is 0.542. The van der Waals surface area contributed by atoms with E-state index in [9.17, 15) is 0 Å². The molecule has 0 unspecified atom stereocenters. The molecule has 0 aliphatic heterocycles. The van der Waals surface area contributed by atoms with Crippen LogP contribution in [0.4, 0.5) is 0 Å². The molecule has 11 heavy (non-hydrogen) atoms. The summed E-state index contributed by atoms with van der Waals surface area (Å²) in [5.41, 5.74) is 0. The minimum absolute atomic E-state index is 0. The largest absolute Gasteiger partial charge is 0.416 e. The number of hydrogen-bond donors (Lipinski definition) is 0. The average molecular weight is 333 g/mol. The molecular weight excluding hydrogens is 318 g/mol. The van der Waals surface area contributed by atoms with Crippen molar-refractivity contribution >= 4 is 0 Å². The number of rotatable bonds is 6. The van der Waals surface area contributed by atoms with Crippen molar-refractivity contribution in [3.63, 3.8) is 0 Å². The van der Waals surface area contributed by atoms with E-state index in [2.05, 4.69) is 0 Å². The van der Waals surface area contributed by atoms with E-state index >= 15 is 0 Å². The maximum absolute atomic E-state index is 4.91. The van der Waals surface area contributed by atoms with Crippen LogP contribution in [0.1, 0.15) is 0 Å². The van der Waals surface area contributed by atoms with Crippen LogP contribution < -0.4 is 0 Å². The van der Waals surface area contributed by atoms with Crippen LogP contribution in [0, 0.1) is 5.92 Å². The molecule has 0 bridgehead atoms. The van der Waals surface area contributed by atoms with Gasteiger partial charge in [-0.15, -0.1) is 0 Å². The first-order valence-corrected chi connectivity index (χ1v) is 3.15. The predicted molar refractivity (Wildman–Crippen MR) is 38.9 cm³/mol. The molecule has 0 spiro atoms. The Bertz CT molecular complexity index is 56.4. The zero-order valence-corrected chi connectivity index (χ0v) is 9.94. The second-order valence-electron chi connectivity index (χ2n) is 2.05. The molecule has 0 fully saturated rings. The molecule has 3 nitrogen and oxygen atoms in total. The molecule has 0 heterocycles. The van der Waals surface area contributed by atoms with Crippen LogP contribution in [0.2, 0.25) is 0 Å². The second-order valence-corrected chi connectivity index (χ2v) is 2.05. The summed E-state index contributed by atoms with van der Waals surface area (Å²) in [6, 6.07) is 0. The van der Waals surface area contributed by atoms with Crippen LogP contribution in [-0.4, -0.2) is 41.2 Å². The van der Waals surface area contributed by atoms with Crippen molar-refractivity contribution in [1.29, 1.82) is 0 Å². The van der Waals surface area contributed by atoms with Gasteiger partial charge in [-0.2, -0.15) is 0 Å². The molecule has 0 amide bonds.